The Morgan fingerprint density at radius 3 is 2.15 bits per heavy atom. The number of benzene rings is 1. The van der Waals surface area contributed by atoms with Crippen molar-refractivity contribution in [2.75, 3.05) is 53.7 Å². The number of hydrogen-bond acceptors (Lipinski definition) is 7. The van der Waals surface area contributed by atoms with Crippen molar-refractivity contribution >= 4 is 11.9 Å². The Morgan fingerprint density at radius 1 is 0.923 bits per heavy atom. The molecule has 0 radical (unpaired) electrons. The number of nitrogens with one attached hydrogen (secondary N) is 1. The van der Waals surface area contributed by atoms with E-state index >= 15 is 0 Å². The minimum absolute atomic E-state index is 0.518. The first kappa shape index (κ1) is 23.6. The van der Waals surface area contributed by atoms with Crippen LogP contribution in [0, 0.1) is 0 Å². The molecule has 0 aliphatic heterocycles. The lowest BCUT2D eigenvalue weighted by molar-refractivity contribution is -0.159. The fourth-order valence-corrected chi connectivity index (χ4v) is 1.66. The molecule has 0 saturated heterocycles. The van der Waals surface area contributed by atoms with Gasteiger partial charge in [0.15, 0.2) is 11.5 Å². The molecule has 0 bridgehead atoms. The van der Waals surface area contributed by atoms with Crippen molar-refractivity contribution in [2.24, 2.45) is 0 Å². The van der Waals surface area contributed by atoms with E-state index in [2.05, 4.69) is 5.32 Å². The molecule has 9 nitrogen and oxygen atoms in total. The van der Waals surface area contributed by atoms with Gasteiger partial charge in [0.05, 0.1) is 20.3 Å². The van der Waals surface area contributed by atoms with E-state index in [1.807, 2.05) is 24.3 Å². The van der Waals surface area contributed by atoms with Gasteiger partial charge in [-0.2, -0.15) is 0 Å². The van der Waals surface area contributed by atoms with Crippen molar-refractivity contribution in [2.45, 2.75) is 6.42 Å². The molecule has 0 amide bonds. The van der Waals surface area contributed by atoms with Crippen molar-refractivity contribution in [3.8, 4) is 11.5 Å². The zero-order valence-corrected chi connectivity index (χ0v) is 15.1. The molecule has 1 rings (SSSR count). The molecule has 3 N–H and O–H groups in total. The first-order valence-electron chi connectivity index (χ1n) is 8.02. The number of rotatable bonds is 12. The molecular weight excluding hydrogens is 346 g/mol. The van der Waals surface area contributed by atoms with Crippen LogP contribution >= 0.6 is 0 Å². The molecule has 0 spiro atoms. The number of carbonyl (C=O) groups is 2. The van der Waals surface area contributed by atoms with E-state index in [9.17, 15) is 0 Å². The van der Waals surface area contributed by atoms with Gasteiger partial charge in [0, 0.05) is 20.3 Å². The predicted octanol–water partition coefficient (Wildman–Crippen LogP) is 0.872. The van der Waals surface area contributed by atoms with Crippen LogP contribution in [0.2, 0.25) is 0 Å². The van der Waals surface area contributed by atoms with Gasteiger partial charge in [-0.15, -0.1) is 0 Å². The lowest BCUT2D eigenvalue weighted by atomic mass is 10.3. The highest BCUT2D eigenvalue weighted by Crippen LogP contribution is 2.25. The maximum Gasteiger partial charge on any atom is 0.414 e. The third-order valence-corrected chi connectivity index (χ3v) is 2.86. The normalized spacial score (nSPS) is 9.77. The van der Waals surface area contributed by atoms with E-state index in [0.717, 1.165) is 37.6 Å². The summed E-state index contributed by atoms with van der Waals surface area (Å²) in [5.41, 5.74) is 0. The molecule has 0 saturated carbocycles. The summed E-state index contributed by atoms with van der Waals surface area (Å²) in [5, 5.41) is 18.1. The number of ether oxygens (including phenoxy) is 4. The van der Waals surface area contributed by atoms with Gasteiger partial charge in [-0.25, -0.2) is 9.59 Å². The number of carboxylic acid groups (broad SMARTS) is 2. The zero-order chi connectivity index (χ0) is 19.6. The van der Waals surface area contributed by atoms with Crippen molar-refractivity contribution in [3.63, 3.8) is 0 Å². The summed E-state index contributed by atoms with van der Waals surface area (Å²) in [7, 11) is 3.35. The van der Waals surface area contributed by atoms with Crippen LogP contribution in [0.15, 0.2) is 24.3 Å². The Bertz CT molecular complexity index is 497. The van der Waals surface area contributed by atoms with E-state index in [1.165, 1.54) is 0 Å². The zero-order valence-electron chi connectivity index (χ0n) is 15.1. The van der Waals surface area contributed by atoms with Gasteiger partial charge in [-0.3, -0.25) is 0 Å². The quantitative estimate of drug-likeness (QED) is 0.362. The Balaban J connectivity index is 0.000000896. The van der Waals surface area contributed by atoms with Crippen LogP contribution in [0.3, 0.4) is 0 Å². The molecule has 0 aromatic heterocycles. The number of aliphatic carboxylic acids is 2. The largest absolute Gasteiger partial charge is 0.493 e. The van der Waals surface area contributed by atoms with Crippen LogP contribution < -0.4 is 14.8 Å². The first-order chi connectivity index (χ1) is 12.5. The second kappa shape index (κ2) is 16.1. The average molecular weight is 373 g/mol. The molecule has 1 aromatic carbocycles. The highest BCUT2D eigenvalue weighted by molar-refractivity contribution is 6.27. The number of para-hydroxylation sites is 2. The van der Waals surface area contributed by atoms with Crippen LogP contribution in [0.1, 0.15) is 6.42 Å². The summed E-state index contributed by atoms with van der Waals surface area (Å²) < 4.78 is 21.2. The molecule has 0 atom stereocenters. The molecule has 0 heterocycles. The van der Waals surface area contributed by atoms with Gasteiger partial charge in [-0.05, 0) is 25.1 Å². The Morgan fingerprint density at radius 2 is 1.58 bits per heavy atom. The van der Waals surface area contributed by atoms with Crippen molar-refractivity contribution in [3.05, 3.63) is 24.3 Å². The first-order valence-corrected chi connectivity index (χ1v) is 8.02. The smallest absolute Gasteiger partial charge is 0.414 e. The van der Waals surface area contributed by atoms with Gasteiger partial charge in [0.1, 0.15) is 6.61 Å². The van der Waals surface area contributed by atoms with E-state index in [0.29, 0.717) is 19.8 Å². The summed E-state index contributed by atoms with van der Waals surface area (Å²) in [4.78, 5) is 18.2. The molecule has 0 fully saturated rings. The topological polar surface area (TPSA) is 124 Å². The minimum atomic E-state index is -1.82. The number of carboxylic acids is 2. The van der Waals surface area contributed by atoms with Crippen molar-refractivity contribution in [1.82, 2.24) is 5.32 Å². The third kappa shape index (κ3) is 13.0. The highest BCUT2D eigenvalue weighted by Gasteiger charge is 2.04. The lowest BCUT2D eigenvalue weighted by Gasteiger charge is -2.10. The van der Waals surface area contributed by atoms with E-state index < -0.39 is 11.9 Å². The van der Waals surface area contributed by atoms with E-state index in [-0.39, 0.29) is 0 Å². The summed E-state index contributed by atoms with van der Waals surface area (Å²) in [6, 6.07) is 7.59. The average Bonchev–Trinajstić information content (AvgIpc) is 2.64. The van der Waals surface area contributed by atoms with Crippen LogP contribution in [-0.2, 0) is 19.1 Å². The van der Waals surface area contributed by atoms with Gasteiger partial charge in [0.25, 0.3) is 0 Å². The van der Waals surface area contributed by atoms with Gasteiger partial charge in [0.2, 0.25) is 0 Å². The maximum atomic E-state index is 9.10. The third-order valence-electron chi connectivity index (χ3n) is 2.86. The Hall–Kier alpha value is -2.36. The van der Waals surface area contributed by atoms with Gasteiger partial charge in [-0.1, -0.05) is 12.1 Å². The second-order valence-corrected chi connectivity index (χ2v) is 4.82. The standard InChI is InChI=1S/C15H25NO4.C2H2O4/c1-17-10-5-8-16-9-11-19-12-13-20-15-7-4-3-6-14(15)18-2;3-1(4)2(5)6/h3-4,6-7,16H,5,8-13H2,1-2H3;(H,3,4)(H,5,6). The van der Waals surface area contributed by atoms with Gasteiger partial charge < -0.3 is 34.5 Å². The van der Waals surface area contributed by atoms with Crippen molar-refractivity contribution in [1.29, 1.82) is 0 Å². The fraction of sp³-hybridized carbons (Fsp3) is 0.529. The summed E-state index contributed by atoms with van der Waals surface area (Å²) >= 11 is 0. The number of hydrogen-bond donors (Lipinski definition) is 3. The second-order valence-electron chi connectivity index (χ2n) is 4.82. The summed E-state index contributed by atoms with van der Waals surface area (Å²) in [6.07, 6.45) is 1.02. The lowest BCUT2D eigenvalue weighted by Crippen LogP contribution is -2.22. The SMILES string of the molecule is COCCCNCCOCCOc1ccccc1OC.O=C(O)C(=O)O. The molecule has 9 heteroatoms. The van der Waals surface area contributed by atoms with Crippen LogP contribution in [0.25, 0.3) is 0 Å². The van der Waals surface area contributed by atoms with Crippen LogP contribution in [0.4, 0.5) is 0 Å². The highest BCUT2D eigenvalue weighted by atomic mass is 16.5. The van der Waals surface area contributed by atoms with Crippen molar-refractivity contribution < 1.29 is 38.7 Å². The Kier molecular flexibility index (Phi) is 14.7. The minimum Gasteiger partial charge on any atom is -0.493 e. The van der Waals surface area contributed by atoms with Crippen LogP contribution in [-0.4, -0.2) is 75.9 Å². The summed E-state index contributed by atoms with van der Waals surface area (Å²) in [5.74, 6) is -2.16. The predicted molar refractivity (Wildman–Crippen MR) is 93.9 cm³/mol. The molecule has 1 aromatic rings. The molecule has 26 heavy (non-hydrogen) atoms. The van der Waals surface area contributed by atoms with Crippen LogP contribution in [0.5, 0.6) is 11.5 Å². The molecule has 0 aliphatic rings. The maximum absolute atomic E-state index is 9.10. The van der Waals surface area contributed by atoms with E-state index in [4.69, 9.17) is 38.7 Å². The fourth-order valence-electron chi connectivity index (χ4n) is 1.66. The summed E-state index contributed by atoms with van der Waals surface area (Å²) in [6.45, 7) is 4.36. The molecular formula is C17H27NO8. The molecule has 0 unspecified atom stereocenters. The van der Waals surface area contributed by atoms with Gasteiger partial charge >= 0.3 is 11.9 Å². The molecule has 0 aliphatic carbocycles. The Labute approximate surface area is 152 Å². The monoisotopic (exact) mass is 373 g/mol. The van der Waals surface area contributed by atoms with E-state index in [1.54, 1.807) is 14.2 Å². The molecule has 148 valence electrons. The number of methoxy groups -OCH3 is 2.